The molecule has 0 radical (unpaired) electrons. The summed E-state index contributed by atoms with van der Waals surface area (Å²) in [5.74, 6) is -0.201. The zero-order valence-corrected chi connectivity index (χ0v) is 18.4. The van der Waals surface area contributed by atoms with Crippen molar-refractivity contribution in [3.05, 3.63) is 52.0 Å². The van der Waals surface area contributed by atoms with Crippen LogP contribution in [0.5, 0.6) is 5.75 Å². The number of amides is 1. The summed E-state index contributed by atoms with van der Waals surface area (Å²) in [5.41, 5.74) is 0.668. The Balaban J connectivity index is 1.74. The molecule has 150 valence electrons. The fourth-order valence-electron chi connectivity index (χ4n) is 3.14. The molecule has 1 heterocycles. The highest BCUT2D eigenvalue weighted by molar-refractivity contribution is 9.10. The number of carbonyl (C=O) groups excluding carboxylic acids is 1. The third kappa shape index (κ3) is 4.68. The standard InChI is InChI=1S/C19H20BrClN2O4S/c1-27-18-8-7-16(11-17(18)21)28(25,26)23-9-3-4-13(12-23)19(24)22-15-6-2-5-14(20)10-15/h2,5-8,10-11,13H,3-4,9,12H2,1H3,(H,22,24)/t13-/m0/s1. The predicted octanol–water partition coefficient (Wildman–Crippen LogP) is 4.15. The molecule has 0 saturated carbocycles. The molecule has 1 fully saturated rings. The van der Waals surface area contributed by atoms with E-state index in [9.17, 15) is 13.2 Å². The van der Waals surface area contributed by atoms with Crippen LogP contribution in [0.15, 0.2) is 51.8 Å². The Morgan fingerprint density at radius 1 is 1.29 bits per heavy atom. The van der Waals surface area contributed by atoms with Gasteiger partial charge in [0.05, 0.1) is 22.9 Å². The van der Waals surface area contributed by atoms with Crippen molar-refractivity contribution in [2.24, 2.45) is 5.92 Å². The molecule has 3 rings (SSSR count). The Morgan fingerprint density at radius 2 is 2.07 bits per heavy atom. The molecule has 9 heteroatoms. The maximum Gasteiger partial charge on any atom is 0.243 e. The number of hydrogen-bond acceptors (Lipinski definition) is 4. The molecule has 0 aliphatic carbocycles. The van der Waals surface area contributed by atoms with Crippen molar-refractivity contribution >= 4 is 49.1 Å². The lowest BCUT2D eigenvalue weighted by Gasteiger charge is -2.31. The van der Waals surface area contributed by atoms with Crippen LogP contribution in [0.1, 0.15) is 12.8 Å². The van der Waals surface area contributed by atoms with Crippen LogP contribution in [-0.4, -0.2) is 38.8 Å². The van der Waals surface area contributed by atoms with Gasteiger partial charge in [-0.15, -0.1) is 0 Å². The zero-order valence-electron chi connectivity index (χ0n) is 15.2. The summed E-state index contributed by atoms with van der Waals surface area (Å²) in [4.78, 5) is 12.7. The fraction of sp³-hybridized carbons (Fsp3) is 0.316. The van der Waals surface area contributed by atoms with Gasteiger partial charge in [-0.05, 0) is 49.2 Å². The van der Waals surface area contributed by atoms with E-state index in [1.165, 1.54) is 29.6 Å². The average molecular weight is 488 g/mol. The molecule has 1 aliphatic rings. The molecule has 28 heavy (non-hydrogen) atoms. The third-order valence-corrected chi connectivity index (χ3v) is 7.26. The normalized spacial score (nSPS) is 17.9. The summed E-state index contributed by atoms with van der Waals surface area (Å²) in [6, 6.07) is 11.6. The number of nitrogens with zero attached hydrogens (tertiary/aromatic N) is 1. The van der Waals surface area contributed by atoms with Crippen molar-refractivity contribution in [3.8, 4) is 5.75 Å². The van der Waals surface area contributed by atoms with Crippen LogP contribution in [0, 0.1) is 5.92 Å². The molecule has 2 aromatic carbocycles. The number of piperidine rings is 1. The SMILES string of the molecule is COc1ccc(S(=O)(=O)N2CCC[C@H](C(=O)Nc3cccc(Br)c3)C2)cc1Cl. The number of anilines is 1. The van der Waals surface area contributed by atoms with Crippen molar-refractivity contribution in [1.29, 1.82) is 0 Å². The van der Waals surface area contributed by atoms with E-state index < -0.39 is 15.9 Å². The van der Waals surface area contributed by atoms with Gasteiger partial charge in [0.1, 0.15) is 5.75 Å². The van der Waals surface area contributed by atoms with Gasteiger partial charge in [-0.2, -0.15) is 4.31 Å². The van der Waals surface area contributed by atoms with Gasteiger partial charge in [-0.1, -0.05) is 33.6 Å². The highest BCUT2D eigenvalue weighted by atomic mass is 79.9. The number of nitrogens with one attached hydrogen (secondary N) is 1. The number of sulfonamides is 1. The molecule has 1 aliphatic heterocycles. The van der Waals surface area contributed by atoms with Crippen LogP contribution in [0.2, 0.25) is 5.02 Å². The van der Waals surface area contributed by atoms with Gasteiger partial charge in [0.15, 0.2) is 0 Å². The zero-order chi connectivity index (χ0) is 20.3. The maximum absolute atomic E-state index is 13.0. The van der Waals surface area contributed by atoms with E-state index in [1.54, 1.807) is 12.1 Å². The number of ether oxygens (including phenoxy) is 1. The Morgan fingerprint density at radius 3 is 2.75 bits per heavy atom. The van der Waals surface area contributed by atoms with Gasteiger partial charge < -0.3 is 10.1 Å². The number of methoxy groups -OCH3 is 1. The van der Waals surface area contributed by atoms with Crippen molar-refractivity contribution in [2.75, 3.05) is 25.5 Å². The van der Waals surface area contributed by atoms with E-state index in [0.717, 1.165) is 4.47 Å². The quantitative estimate of drug-likeness (QED) is 0.687. The van der Waals surface area contributed by atoms with Crippen LogP contribution in [0.4, 0.5) is 5.69 Å². The van der Waals surface area contributed by atoms with Crippen LogP contribution in [0.3, 0.4) is 0 Å². The highest BCUT2D eigenvalue weighted by Gasteiger charge is 2.33. The number of carbonyl (C=O) groups is 1. The second kappa shape index (κ2) is 8.82. The van der Waals surface area contributed by atoms with E-state index >= 15 is 0 Å². The van der Waals surface area contributed by atoms with Gasteiger partial charge in [-0.3, -0.25) is 4.79 Å². The van der Waals surface area contributed by atoms with E-state index in [1.807, 2.05) is 12.1 Å². The Kier molecular flexibility index (Phi) is 6.65. The molecule has 1 atom stereocenters. The van der Waals surface area contributed by atoms with Crippen molar-refractivity contribution in [3.63, 3.8) is 0 Å². The van der Waals surface area contributed by atoms with Crippen LogP contribution >= 0.6 is 27.5 Å². The van der Waals surface area contributed by atoms with Crippen LogP contribution in [0.25, 0.3) is 0 Å². The predicted molar refractivity (Wildman–Crippen MR) is 112 cm³/mol. The molecule has 0 unspecified atom stereocenters. The lowest BCUT2D eigenvalue weighted by atomic mass is 9.99. The first kappa shape index (κ1) is 21.1. The van der Waals surface area contributed by atoms with E-state index in [-0.39, 0.29) is 22.4 Å². The van der Waals surface area contributed by atoms with E-state index in [0.29, 0.717) is 30.8 Å². The maximum atomic E-state index is 13.0. The second-order valence-corrected chi connectivity index (χ2v) is 9.76. The average Bonchev–Trinajstić information content (AvgIpc) is 2.68. The van der Waals surface area contributed by atoms with Crippen molar-refractivity contribution in [2.45, 2.75) is 17.7 Å². The minimum Gasteiger partial charge on any atom is -0.495 e. The molecule has 6 nitrogen and oxygen atoms in total. The van der Waals surface area contributed by atoms with Gasteiger partial charge >= 0.3 is 0 Å². The monoisotopic (exact) mass is 486 g/mol. The number of hydrogen-bond donors (Lipinski definition) is 1. The summed E-state index contributed by atoms with van der Waals surface area (Å²) in [6.07, 6.45) is 1.24. The van der Waals surface area contributed by atoms with Gasteiger partial charge in [-0.25, -0.2) is 8.42 Å². The van der Waals surface area contributed by atoms with Gasteiger partial charge in [0.25, 0.3) is 0 Å². The number of rotatable bonds is 5. The third-order valence-electron chi connectivity index (χ3n) is 4.61. The van der Waals surface area contributed by atoms with E-state index in [4.69, 9.17) is 16.3 Å². The first-order chi connectivity index (χ1) is 13.3. The van der Waals surface area contributed by atoms with E-state index in [2.05, 4.69) is 21.2 Å². The molecule has 1 N–H and O–H groups in total. The Bertz CT molecular complexity index is 984. The van der Waals surface area contributed by atoms with Crippen molar-refractivity contribution in [1.82, 2.24) is 4.31 Å². The Hall–Kier alpha value is -1.61. The molecule has 0 spiro atoms. The molecule has 0 bridgehead atoms. The Labute approximate surface area is 178 Å². The van der Waals surface area contributed by atoms with Crippen LogP contribution < -0.4 is 10.1 Å². The molecule has 1 saturated heterocycles. The summed E-state index contributed by atoms with van der Waals surface area (Å²) in [6.45, 7) is 0.498. The lowest BCUT2D eigenvalue weighted by molar-refractivity contribution is -0.120. The molecular weight excluding hydrogens is 468 g/mol. The minimum absolute atomic E-state index is 0.0892. The smallest absolute Gasteiger partial charge is 0.243 e. The largest absolute Gasteiger partial charge is 0.495 e. The first-order valence-electron chi connectivity index (χ1n) is 8.71. The molecular formula is C19H20BrClN2O4S. The second-order valence-electron chi connectivity index (χ2n) is 6.50. The number of halogens is 2. The van der Waals surface area contributed by atoms with Gasteiger partial charge in [0.2, 0.25) is 15.9 Å². The van der Waals surface area contributed by atoms with Gasteiger partial charge in [0, 0.05) is 23.2 Å². The summed E-state index contributed by atoms with van der Waals surface area (Å²) >= 11 is 9.45. The fourth-order valence-corrected chi connectivity index (χ4v) is 5.41. The summed E-state index contributed by atoms with van der Waals surface area (Å²) < 4.78 is 33.3. The minimum atomic E-state index is -3.75. The highest BCUT2D eigenvalue weighted by Crippen LogP contribution is 2.30. The molecule has 2 aromatic rings. The van der Waals surface area contributed by atoms with Crippen LogP contribution in [-0.2, 0) is 14.8 Å². The first-order valence-corrected chi connectivity index (χ1v) is 11.3. The summed E-state index contributed by atoms with van der Waals surface area (Å²) in [7, 11) is -2.28. The topological polar surface area (TPSA) is 75.7 Å². The summed E-state index contributed by atoms with van der Waals surface area (Å²) in [5, 5.41) is 3.09. The number of benzene rings is 2. The lowest BCUT2D eigenvalue weighted by Crippen LogP contribution is -2.43. The molecule has 0 aromatic heterocycles. The van der Waals surface area contributed by atoms with Crippen molar-refractivity contribution < 1.29 is 17.9 Å². The molecule has 1 amide bonds.